The van der Waals surface area contributed by atoms with Gasteiger partial charge in [-0.2, -0.15) is 5.10 Å². The zero-order valence-electron chi connectivity index (χ0n) is 11.0. The molecule has 6 nitrogen and oxygen atoms in total. The van der Waals surface area contributed by atoms with E-state index >= 15 is 0 Å². The second-order valence-corrected chi connectivity index (χ2v) is 5.42. The number of fused-ring (bicyclic) bond motifs is 1. The van der Waals surface area contributed by atoms with Gasteiger partial charge in [-0.3, -0.25) is 4.90 Å². The lowest BCUT2D eigenvalue weighted by molar-refractivity contribution is 0.0150. The molecule has 2 rings (SSSR count). The Hall–Kier alpha value is -1.56. The van der Waals surface area contributed by atoms with Gasteiger partial charge in [-0.15, -0.1) is 0 Å². The molecule has 0 unspecified atom stereocenters. The molecular formula is C12H19N3O3. The van der Waals surface area contributed by atoms with Crippen molar-refractivity contribution < 1.29 is 14.6 Å². The van der Waals surface area contributed by atoms with Gasteiger partial charge in [-0.25, -0.2) is 9.48 Å². The maximum Gasteiger partial charge on any atom is 0.411 e. The summed E-state index contributed by atoms with van der Waals surface area (Å²) in [6.45, 7) is 6.45. The van der Waals surface area contributed by atoms with Crippen LogP contribution in [0.25, 0.3) is 0 Å². The summed E-state index contributed by atoms with van der Waals surface area (Å²) >= 11 is 0. The number of rotatable bonds is 1. The van der Waals surface area contributed by atoms with E-state index in [-0.39, 0.29) is 12.7 Å². The molecule has 0 aliphatic carbocycles. The fourth-order valence-corrected chi connectivity index (χ4v) is 1.87. The number of carbonyl (C=O) groups excluding carboxylic acids is 1. The lowest BCUT2D eigenvalue weighted by Gasteiger charge is -2.30. The Kier molecular flexibility index (Phi) is 3.30. The van der Waals surface area contributed by atoms with Crippen molar-refractivity contribution in [1.29, 1.82) is 0 Å². The molecule has 0 saturated carbocycles. The monoisotopic (exact) mass is 253 g/mol. The van der Waals surface area contributed by atoms with Crippen molar-refractivity contribution in [3.8, 4) is 0 Å². The second kappa shape index (κ2) is 4.61. The quantitative estimate of drug-likeness (QED) is 0.814. The Morgan fingerprint density at radius 3 is 2.89 bits per heavy atom. The van der Waals surface area contributed by atoms with Crippen molar-refractivity contribution in [1.82, 2.24) is 14.7 Å². The summed E-state index contributed by atoms with van der Waals surface area (Å²) < 4.78 is 7.06. The number of carbonyl (C=O) groups is 1. The molecule has 0 fully saturated rings. The molecule has 6 heteroatoms. The first kappa shape index (κ1) is 12.9. The molecule has 0 radical (unpaired) electrons. The molecule has 1 amide bonds. The average Bonchev–Trinajstić information content (AvgIpc) is 2.68. The maximum atomic E-state index is 11.9. The number of ether oxygens (including phenoxy) is 1. The number of aliphatic hydroxyl groups excluding tert-OH is 1. The summed E-state index contributed by atoms with van der Waals surface area (Å²) in [4.78, 5) is 13.5. The largest absolute Gasteiger partial charge is 0.444 e. The summed E-state index contributed by atoms with van der Waals surface area (Å²) in [5.74, 6) is 0. The van der Waals surface area contributed by atoms with E-state index < -0.39 is 5.60 Å². The van der Waals surface area contributed by atoms with E-state index in [0.29, 0.717) is 18.9 Å². The van der Waals surface area contributed by atoms with Gasteiger partial charge in [0.05, 0.1) is 12.3 Å². The number of aromatic nitrogens is 2. The summed E-state index contributed by atoms with van der Waals surface area (Å²) in [7, 11) is 0. The number of nitrogens with zero attached hydrogens (tertiary/aromatic N) is 3. The van der Waals surface area contributed by atoms with Gasteiger partial charge in [0.25, 0.3) is 0 Å². The Bertz CT molecular complexity index is 448. The Morgan fingerprint density at radius 2 is 2.28 bits per heavy atom. The minimum Gasteiger partial charge on any atom is -0.444 e. The highest BCUT2D eigenvalue weighted by Gasteiger charge is 2.26. The third-order valence-electron chi connectivity index (χ3n) is 2.67. The summed E-state index contributed by atoms with van der Waals surface area (Å²) in [6.07, 6.45) is 0.404. The molecule has 1 N–H and O–H groups in total. The molecule has 0 atom stereocenters. The third kappa shape index (κ3) is 2.81. The zero-order valence-corrected chi connectivity index (χ0v) is 11.0. The van der Waals surface area contributed by atoms with Crippen LogP contribution in [-0.2, 0) is 24.4 Å². The first-order valence-electron chi connectivity index (χ1n) is 6.03. The molecular weight excluding hydrogens is 234 g/mol. The van der Waals surface area contributed by atoms with Crippen LogP contribution in [0.1, 0.15) is 32.2 Å². The molecule has 18 heavy (non-hydrogen) atoms. The highest BCUT2D eigenvalue weighted by Crippen LogP contribution is 2.16. The molecule has 1 aliphatic heterocycles. The fourth-order valence-electron chi connectivity index (χ4n) is 1.87. The number of amides is 1. The van der Waals surface area contributed by atoms with Crippen molar-refractivity contribution in [3.05, 3.63) is 17.5 Å². The van der Waals surface area contributed by atoms with Gasteiger partial charge in [-0.05, 0) is 26.8 Å². The van der Waals surface area contributed by atoms with Crippen LogP contribution < -0.4 is 0 Å². The van der Waals surface area contributed by atoms with Gasteiger partial charge in [0, 0.05) is 18.7 Å². The van der Waals surface area contributed by atoms with Crippen LogP contribution in [0.2, 0.25) is 0 Å². The van der Waals surface area contributed by atoms with E-state index in [1.54, 1.807) is 9.58 Å². The van der Waals surface area contributed by atoms with Crippen LogP contribution >= 0.6 is 0 Å². The average molecular weight is 253 g/mol. The molecule has 0 bridgehead atoms. The van der Waals surface area contributed by atoms with E-state index in [4.69, 9.17) is 9.84 Å². The molecule has 100 valence electrons. The lowest BCUT2D eigenvalue weighted by atomic mass is 10.2. The van der Waals surface area contributed by atoms with Crippen LogP contribution in [0.5, 0.6) is 0 Å². The van der Waals surface area contributed by atoms with Gasteiger partial charge in [0.15, 0.2) is 0 Å². The first-order chi connectivity index (χ1) is 8.39. The van der Waals surface area contributed by atoms with E-state index in [2.05, 4.69) is 5.10 Å². The topological polar surface area (TPSA) is 67.6 Å². The minimum absolute atomic E-state index is 0.0769. The van der Waals surface area contributed by atoms with E-state index in [1.807, 2.05) is 26.8 Å². The molecule has 0 saturated heterocycles. The minimum atomic E-state index is -0.488. The van der Waals surface area contributed by atoms with Crippen LogP contribution in [-0.4, -0.2) is 38.0 Å². The normalized spacial score (nSPS) is 15.4. The Labute approximate surface area is 106 Å². The Balaban J connectivity index is 2.05. The summed E-state index contributed by atoms with van der Waals surface area (Å²) in [5.41, 5.74) is 1.19. The van der Waals surface area contributed by atoms with Gasteiger partial charge in [0.2, 0.25) is 0 Å². The van der Waals surface area contributed by atoms with Crippen molar-refractivity contribution >= 4 is 6.09 Å². The molecule has 0 spiro atoms. The van der Waals surface area contributed by atoms with E-state index in [0.717, 1.165) is 12.1 Å². The van der Waals surface area contributed by atoms with Gasteiger partial charge >= 0.3 is 6.09 Å². The zero-order chi connectivity index (χ0) is 13.3. The standard InChI is InChI=1S/C12H19N3O3/c1-12(2,3)18-11(17)14-5-4-10-6-9(7-16)13-15(10)8-14/h6,16H,4-5,7-8H2,1-3H3. The van der Waals surface area contributed by atoms with E-state index in [1.165, 1.54) is 0 Å². The van der Waals surface area contributed by atoms with Crippen molar-refractivity contribution in [2.75, 3.05) is 6.54 Å². The number of hydrogen-bond acceptors (Lipinski definition) is 4. The molecule has 0 aromatic carbocycles. The fraction of sp³-hybridized carbons (Fsp3) is 0.667. The highest BCUT2D eigenvalue weighted by molar-refractivity contribution is 5.68. The molecule has 1 aliphatic rings. The first-order valence-corrected chi connectivity index (χ1v) is 6.03. The summed E-state index contributed by atoms with van der Waals surface area (Å²) in [6, 6.07) is 1.87. The second-order valence-electron chi connectivity index (χ2n) is 5.42. The third-order valence-corrected chi connectivity index (χ3v) is 2.67. The van der Waals surface area contributed by atoms with Crippen LogP contribution in [0.4, 0.5) is 4.79 Å². The van der Waals surface area contributed by atoms with Crippen LogP contribution in [0.3, 0.4) is 0 Å². The van der Waals surface area contributed by atoms with Crippen molar-refractivity contribution in [2.24, 2.45) is 0 Å². The molecule has 1 aromatic heterocycles. The molecule has 2 heterocycles. The van der Waals surface area contributed by atoms with Crippen LogP contribution in [0, 0.1) is 0 Å². The predicted molar refractivity (Wildman–Crippen MR) is 64.8 cm³/mol. The highest BCUT2D eigenvalue weighted by atomic mass is 16.6. The van der Waals surface area contributed by atoms with Crippen molar-refractivity contribution in [2.45, 2.75) is 46.1 Å². The van der Waals surface area contributed by atoms with Crippen molar-refractivity contribution in [3.63, 3.8) is 0 Å². The van der Waals surface area contributed by atoms with Gasteiger partial charge in [-0.1, -0.05) is 0 Å². The number of aliphatic hydroxyl groups is 1. The van der Waals surface area contributed by atoms with Gasteiger partial charge in [0.1, 0.15) is 12.3 Å². The predicted octanol–water partition coefficient (Wildman–Crippen LogP) is 1.13. The van der Waals surface area contributed by atoms with Gasteiger partial charge < -0.3 is 9.84 Å². The maximum absolute atomic E-state index is 11.9. The Morgan fingerprint density at radius 1 is 1.56 bits per heavy atom. The molecule has 1 aromatic rings. The number of hydrogen-bond donors (Lipinski definition) is 1. The van der Waals surface area contributed by atoms with E-state index in [9.17, 15) is 4.79 Å². The lowest BCUT2D eigenvalue weighted by Crippen LogP contribution is -2.42. The smallest absolute Gasteiger partial charge is 0.411 e. The van der Waals surface area contributed by atoms with Crippen LogP contribution in [0.15, 0.2) is 6.07 Å². The SMILES string of the molecule is CC(C)(C)OC(=O)N1CCc2cc(CO)nn2C1. The summed E-state index contributed by atoms with van der Waals surface area (Å²) in [5, 5.41) is 13.2.